The molecular weight excluding hydrogens is 404 g/mol. The fourth-order valence-corrected chi connectivity index (χ4v) is 3.45. The van der Waals surface area contributed by atoms with Gasteiger partial charge in [0.05, 0.1) is 13.3 Å². The molecule has 1 amide bonds. The van der Waals surface area contributed by atoms with Crippen molar-refractivity contribution in [2.75, 3.05) is 13.7 Å². The molecule has 0 aliphatic heterocycles. The molecular formula is C18H19BrN2O3S. The molecule has 0 radical (unpaired) electrons. The number of benzene rings is 1. The maximum Gasteiger partial charge on any atom is 0.277 e. The van der Waals surface area contributed by atoms with Gasteiger partial charge in [-0.05, 0) is 53.0 Å². The quantitative estimate of drug-likeness (QED) is 0.395. The lowest BCUT2D eigenvalue weighted by Crippen LogP contribution is -2.24. The molecule has 0 saturated carbocycles. The van der Waals surface area contributed by atoms with Crippen molar-refractivity contribution in [1.29, 1.82) is 0 Å². The Kier molecular flexibility index (Phi) is 7.21. The molecule has 1 aromatic carbocycles. The highest BCUT2D eigenvalue weighted by atomic mass is 79.9. The summed E-state index contributed by atoms with van der Waals surface area (Å²) < 4.78 is 11.8. The number of carbonyl (C=O) groups excluding carboxylic acids is 1. The molecule has 1 heterocycles. The summed E-state index contributed by atoms with van der Waals surface area (Å²) in [6.45, 7) is 5.56. The Morgan fingerprint density at radius 3 is 2.84 bits per heavy atom. The Hall–Kier alpha value is -2.12. The summed E-state index contributed by atoms with van der Waals surface area (Å²) in [6, 6.07) is 7.50. The second-order valence-corrected chi connectivity index (χ2v) is 7.25. The molecule has 0 unspecified atom stereocenters. The number of hydrazone groups is 1. The highest BCUT2D eigenvalue weighted by molar-refractivity contribution is 9.10. The van der Waals surface area contributed by atoms with E-state index in [-0.39, 0.29) is 12.5 Å². The molecule has 0 saturated heterocycles. The van der Waals surface area contributed by atoms with Crippen LogP contribution in [0.3, 0.4) is 0 Å². The van der Waals surface area contributed by atoms with Crippen LogP contribution in [0.5, 0.6) is 11.5 Å². The van der Waals surface area contributed by atoms with E-state index in [0.29, 0.717) is 11.5 Å². The van der Waals surface area contributed by atoms with Crippen molar-refractivity contribution < 1.29 is 14.3 Å². The molecule has 2 aromatic rings. The van der Waals surface area contributed by atoms with E-state index in [1.54, 1.807) is 30.7 Å². The fourth-order valence-electron chi connectivity index (χ4n) is 2.01. The second kappa shape index (κ2) is 9.39. The predicted molar refractivity (Wildman–Crippen MR) is 105 cm³/mol. The second-order valence-electron chi connectivity index (χ2n) is 5.11. The molecule has 0 fully saturated rings. The maximum atomic E-state index is 11.8. The van der Waals surface area contributed by atoms with Gasteiger partial charge in [-0.15, -0.1) is 17.9 Å². The monoisotopic (exact) mass is 422 g/mol. The van der Waals surface area contributed by atoms with Gasteiger partial charge in [-0.3, -0.25) is 4.79 Å². The van der Waals surface area contributed by atoms with Crippen LogP contribution < -0.4 is 14.9 Å². The van der Waals surface area contributed by atoms with Crippen molar-refractivity contribution in [2.24, 2.45) is 5.10 Å². The third-order valence-electron chi connectivity index (χ3n) is 3.22. The van der Waals surface area contributed by atoms with E-state index in [1.807, 2.05) is 31.2 Å². The van der Waals surface area contributed by atoms with E-state index in [0.717, 1.165) is 26.2 Å². The third-order valence-corrected chi connectivity index (χ3v) is 5.30. The lowest BCUT2D eigenvalue weighted by Gasteiger charge is -2.11. The average Bonchev–Trinajstić information content (AvgIpc) is 2.91. The molecule has 0 atom stereocenters. The summed E-state index contributed by atoms with van der Waals surface area (Å²) in [5.74, 6) is 0.739. The highest BCUT2D eigenvalue weighted by Crippen LogP contribution is 2.28. The first-order valence-electron chi connectivity index (χ1n) is 7.52. The van der Waals surface area contributed by atoms with Gasteiger partial charge in [0, 0.05) is 14.2 Å². The van der Waals surface area contributed by atoms with Crippen LogP contribution in [0, 0.1) is 6.92 Å². The van der Waals surface area contributed by atoms with Crippen molar-refractivity contribution >= 4 is 39.4 Å². The number of hydrogen-bond acceptors (Lipinski definition) is 5. The fraction of sp³-hybridized carbons (Fsp3) is 0.222. The Labute approximate surface area is 159 Å². The highest BCUT2D eigenvalue weighted by Gasteiger charge is 2.08. The van der Waals surface area contributed by atoms with Crippen LogP contribution in [-0.4, -0.2) is 25.8 Å². The van der Waals surface area contributed by atoms with E-state index < -0.39 is 0 Å². The van der Waals surface area contributed by atoms with E-state index in [2.05, 4.69) is 33.0 Å². The van der Waals surface area contributed by atoms with Gasteiger partial charge in [0.2, 0.25) is 0 Å². The van der Waals surface area contributed by atoms with Crippen LogP contribution in [0.2, 0.25) is 0 Å². The number of hydrogen-bond donors (Lipinski definition) is 1. The Morgan fingerprint density at radius 2 is 2.20 bits per heavy atom. The van der Waals surface area contributed by atoms with Gasteiger partial charge in [0.25, 0.3) is 5.91 Å². The Balaban J connectivity index is 1.88. The van der Waals surface area contributed by atoms with Crippen LogP contribution >= 0.6 is 27.3 Å². The zero-order valence-electron chi connectivity index (χ0n) is 14.0. The summed E-state index contributed by atoms with van der Waals surface area (Å²) in [5, 5.41) is 3.93. The van der Waals surface area contributed by atoms with Crippen LogP contribution in [0.4, 0.5) is 0 Å². The minimum atomic E-state index is -0.346. The molecule has 25 heavy (non-hydrogen) atoms. The summed E-state index contributed by atoms with van der Waals surface area (Å²) in [5.41, 5.74) is 3.50. The van der Waals surface area contributed by atoms with Gasteiger partial charge in [-0.1, -0.05) is 12.1 Å². The lowest BCUT2D eigenvalue weighted by atomic mass is 10.1. The molecule has 2 rings (SSSR count). The van der Waals surface area contributed by atoms with Gasteiger partial charge >= 0.3 is 0 Å². The summed E-state index contributed by atoms with van der Waals surface area (Å²) >= 11 is 5.02. The number of rotatable bonds is 8. The molecule has 1 aromatic heterocycles. The largest absolute Gasteiger partial charge is 0.493 e. The Bertz CT molecular complexity index is 767. The molecule has 0 aliphatic rings. The number of thiophene rings is 1. The minimum Gasteiger partial charge on any atom is -0.493 e. The molecule has 0 spiro atoms. The number of ether oxygens (including phenoxy) is 2. The molecule has 5 nitrogen and oxygen atoms in total. The van der Waals surface area contributed by atoms with Crippen LogP contribution in [0.15, 0.2) is 46.5 Å². The van der Waals surface area contributed by atoms with Crippen molar-refractivity contribution in [3.63, 3.8) is 0 Å². The molecule has 0 bridgehead atoms. The Morgan fingerprint density at radius 1 is 1.40 bits per heavy atom. The number of halogens is 1. The number of amides is 1. The van der Waals surface area contributed by atoms with Crippen LogP contribution in [-0.2, 0) is 11.2 Å². The van der Waals surface area contributed by atoms with Gasteiger partial charge in [-0.2, -0.15) is 5.10 Å². The zero-order chi connectivity index (χ0) is 18.2. The lowest BCUT2D eigenvalue weighted by molar-refractivity contribution is -0.123. The number of aryl methyl sites for hydroxylation is 1. The first kappa shape index (κ1) is 19.2. The van der Waals surface area contributed by atoms with Crippen molar-refractivity contribution in [3.05, 3.63) is 56.7 Å². The number of nitrogens with one attached hydrogen (secondary N) is 1. The smallest absolute Gasteiger partial charge is 0.277 e. The standard InChI is InChI=1S/C18H19BrN2O3S/c1-4-5-13-6-7-16(17(8-13)23-3)24-11-18(22)21-20-10-14-9-15(19)12(2)25-14/h4,6-10H,1,5,11H2,2-3H3,(H,21,22)/b20-10-. The van der Waals surface area contributed by atoms with Gasteiger partial charge in [-0.25, -0.2) is 5.43 Å². The first-order chi connectivity index (χ1) is 12.0. The molecule has 0 aliphatic carbocycles. The predicted octanol–water partition coefficient (Wildman–Crippen LogP) is 4.09. The van der Waals surface area contributed by atoms with Gasteiger partial charge < -0.3 is 9.47 Å². The number of methoxy groups -OCH3 is 1. The zero-order valence-corrected chi connectivity index (χ0v) is 16.4. The average molecular weight is 423 g/mol. The van der Waals surface area contributed by atoms with E-state index in [9.17, 15) is 4.79 Å². The van der Waals surface area contributed by atoms with E-state index in [4.69, 9.17) is 9.47 Å². The minimum absolute atomic E-state index is 0.151. The summed E-state index contributed by atoms with van der Waals surface area (Å²) in [4.78, 5) is 13.9. The molecule has 132 valence electrons. The van der Waals surface area contributed by atoms with E-state index in [1.165, 1.54) is 0 Å². The van der Waals surface area contributed by atoms with Gasteiger partial charge in [0.15, 0.2) is 18.1 Å². The molecule has 7 heteroatoms. The maximum absolute atomic E-state index is 11.8. The first-order valence-corrected chi connectivity index (χ1v) is 9.13. The van der Waals surface area contributed by atoms with Crippen molar-refractivity contribution in [2.45, 2.75) is 13.3 Å². The van der Waals surface area contributed by atoms with Crippen molar-refractivity contribution in [1.82, 2.24) is 5.43 Å². The topological polar surface area (TPSA) is 59.9 Å². The summed E-state index contributed by atoms with van der Waals surface area (Å²) in [6.07, 6.45) is 4.16. The van der Waals surface area contributed by atoms with E-state index >= 15 is 0 Å². The third kappa shape index (κ3) is 5.72. The number of nitrogens with zero attached hydrogens (tertiary/aromatic N) is 1. The number of allylic oxidation sites excluding steroid dienone is 1. The van der Waals surface area contributed by atoms with Crippen LogP contribution in [0.25, 0.3) is 0 Å². The molecule has 1 N–H and O–H groups in total. The van der Waals surface area contributed by atoms with Gasteiger partial charge in [0.1, 0.15) is 0 Å². The SMILES string of the molecule is C=CCc1ccc(OCC(=O)N/N=C\c2cc(Br)c(C)s2)c(OC)c1. The number of carbonyl (C=O) groups is 1. The van der Waals surface area contributed by atoms with Crippen LogP contribution in [0.1, 0.15) is 15.3 Å². The normalized spacial score (nSPS) is 10.7. The van der Waals surface area contributed by atoms with Crippen molar-refractivity contribution in [3.8, 4) is 11.5 Å². The summed E-state index contributed by atoms with van der Waals surface area (Å²) in [7, 11) is 1.56.